The van der Waals surface area contributed by atoms with Crippen LogP contribution in [0.2, 0.25) is 0 Å². The number of fused-ring (bicyclic) bond motifs is 6. The van der Waals surface area contributed by atoms with Gasteiger partial charge in [-0.25, -0.2) is 13.1 Å². The fourth-order valence-electron chi connectivity index (χ4n) is 6.99. The molecule has 6 rings (SSSR count). The minimum Gasteiger partial charge on any atom is -0.384 e. The summed E-state index contributed by atoms with van der Waals surface area (Å²) in [7, 11) is -4.04. The number of amides is 4. The predicted molar refractivity (Wildman–Crippen MR) is 226 cm³/mol. The van der Waals surface area contributed by atoms with Crippen molar-refractivity contribution in [1.29, 1.82) is 5.41 Å². The monoisotopic (exact) mass is 815 g/mol. The van der Waals surface area contributed by atoms with Crippen LogP contribution in [0.4, 0.5) is 0 Å². The standard InChI is InChI=1S/C45H49N7O6S/c46-43(47)38-17-15-30(16-18-38)26-50-44(55)39-22-32-9-5-13-36(20-32)27-48-41(53)24-34-11-4-12-35(19-34)25-42(54)49-28-37-14-6-10-33(21-37)23-40(45(56)51-39)52-59(57,58)29-31-7-2-1-3-8-31/h2,4-21,39-40,52H,1,3,22-29H2,(H3,46,47)(H,48,53)(H,49,54)(H,50,55)(H,51,56). The van der Waals surface area contributed by atoms with Gasteiger partial charge in [-0.1, -0.05) is 115 Å². The quantitative estimate of drug-likeness (QED) is 0.104. The van der Waals surface area contributed by atoms with Gasteiger partial charge in [0.15, 0.2) is 0 Å². The molecule has 8 N–H and O–H groups in total. The van der Waals surface area contributed by atoms with Gasteiger partial charge in [-0.2, -0.15) is 0 Å². The van der Waals surface area contributed by atoms with E-state index in [1.807, 2.05) is 66.7 Å². The number of amidine groups is 1. The molecule has 0 spiro atoms. The van der Waals surface area contributed by atoms with Crippen molar-refractivity contribution in [3.8, 4) is 0 Å². The minimum atomic E-state index is -4.04. The zero-order valence-electron chi connectivity index (χ0n) is 32.6. The Morgan fingerprint density at radius 1 is 0.746 bits per heavy atom. The van der Waals surface area contributed by atoms with E-state index in [0.717, 1.165) is 34.2 Å². The van der Waals surface area contributed by atoms with Gasteiger partial charge in [0.1, 0.15) is 17.9 Å². The van der Waals surface area contributed by atoms with Crippen LogP contribution < -0.4 is 31.7 Å². The Hall–Kier alpha value is -6.38. The lowest BCUT2D eigenvalue weighted by molar-refractivity contribution is -0.129. The molecule has 4 aromatic rings. The normalized spacial score (nSPS) is 18.0. The highest BCUT2D eigenvalue weighted by Gasteiger charge is 2.30. The fourth-order valence-corrected chi connectivity index (χ4v) is 8.35. The third-order valence-electron chi connectivity index (χ3n) is 9.99. The first-order chi connectivity index (χ1) is 28.4. The number of hydrogen-bond acceptors (Lipinski definition) is 7. The highest BCUT2D eigenvalue weighted by molar-refractivity contribution is 7.89. The van der Waals surface area contributed by atoms with Gasteiger partial charge in [0.05, 0.1) is 18.6 Å². The number of nitrogens with one attached hydrogen (secondary N) is 6. The van der Waals surface area contributed by atoms with Crippen molar-refractivity contribution in [2.24, 2.45) is 5.73 Å². The number of hydrogen-bond donors (Lipinski definition) is 7. The minimum absolute atomic E-state index is 0.0411. The van der Waals surface area contributed by atoms with Crippen LogP contribution in [0.15, 0.2) is 121 Å². The van der Waals surface area contributed by atoms with E-state index in [4.69, 9.17) is 11.1 Å². The Balaban J connectivity index is 1.31. The van der Waals surface area contributed by atoms with E-state index < -0.39 is 33.9 Å². The Morgan fingerprint density at radius 3 is 1.88 bits per heavy atom. The van der Waals surface area contributed by atoms with Crippen LogP contribution in [-0.4, -0.2) is 55.7 Å². The van der Waals surface area contributed by atoms with Crippen LogP contribution in [0.25, 0.3) is 0 Å². The van der Waals surface area contributed by atoms with Gasteiger partial charge in [0.2, 0.25) is 33.7 Å². The number of sulfonamides is 1. The van der Waals surface area contributed by atoms with Crippen LogP contribution in [0, 0.1) is 5.41 Å². The molecule has 0 aromatic heterocycles. The summed E-state index contributed by atoms with van der Waals surface area (Å²) in [5.74, 6) is -2.03. The summed E-state index contributed by atoms with van der Waals surface area (Å²) >= 11 is 0. The molecule has 4 amide bonds. The number of allylic oxidation sites excluding steroid dienone is 3. The van der Waals surface area contributed by atoms with E-state index in [-0.39, 0.29) is 68.7 Å². The van der Waals surface area contributed by atoms with Gasteiger partial charge in [0, 0.05) is 31.6 Å². The van der Waals surface area contributed by atoms with Crippen molar-refractivity contribution in [1.82, 2.24) is 26.0 Å². The van der Waals surface area contributed by atoms with Gasteiger partial charge >= 0.3 is 0 Å². The van der Waals surface area contributed by atoms with Crippen molar-refractivity contribution in [2.75, 3.05) is 5.75 Å². The molecule has 14 heteroatoms. The summed E-state index contributed by atoms with van der Waals surface area (Å²) in [6.45, 7) is 0.513. The van der Waals surface area contributed by atoms with E-state index in [2.05, 4.69) is 26.0 Å². The Morgan fingerprint density at radius 2 is 1.31 bits per heavy atom. The summed E-state index contributed by atoms with van der Waals surface area (Å²) < 4.78 is 29.9. The molecule has 0 saturated heterocycles. The van der Waals surface area contributed by atoms with Crippen molar-refractivity contribution in [3.63, 3.8) is 0 Å². The van der Waals surface area contributed by atoms with E-state index in [0.29, 0.717) is 28.7 Å². The maximum atomic E-state index is 14.3. The number of carbonyl (C=O) groups is 4. The van der Waals surface area contributed by atoms with Crippen LogP contribution in [0.3, 0.4) is 0 Å². The third-order valence-corrected chi connectivity index (χ3v) is 11.4. The van der Waals surface area contributed by atoms with Gasteiger partial charge < -0.3 is 27.0 Å². The first kappa shape index (κ1) is 42.2. The van der Waals surface area contributed by atoms with Gasteiger partial charge in [-0.3, -0.25) is 24.6 Å². The van der Waals surface area contributed by atoms with Crippen molar-refractivity contribution in [2.45, 2.75) is 70.2 Å². The second kappa shape index (κ2) is 19.9. The highest BCUT2D eigenvalue weighted by Crippen LogP contribution is 2.16. The molecule has 1 aliphatic heterocycles. The van der Waals surface area contributed by atoms with E-state index in [1.54, 1.807) is 48.5 Å². The molecule has 2 unspecified atom stereocenters. The maximum absolute atomic E-state index is 14.3. The molecule has 2 atom stereocenters. The average molecular weight is 816 g/mol. The number of rotatable bonds is 8. The summed E-state index contributed by atoms with van der Waals surface area (Å²) in [6.07, 6.45) is 7.32. The smallest absolute Gasteiger partial charge is 0.243 e. The Labute approximate surface area is 344 Å². The molecule has 1 heterocycles. The SMILES string of the molecule is N=C(N)c1ccc(CNC(=O)C2Cc3cccc(c3)CNC(=O)Cc3cccc(c3)CC(=O)NCc3cccc(c3)CC(NS(=O)(=O)CC3=CCCC=C3)C(=O)N2)cc1. The first-order valence-corrected chi connectivity index (χ1v) is 21.2. The summed E-state index contributed by atoms with van der Waals surface area (Å²) in [6, 6.07) is 26.2. The molecule has 0 radical (unpaired) electrons. The summed E-state index contributed by atoms with van der Waals surface area (Å²) in [4.78, 5) is 54.3. The number of carbonyl (C=O) groups excluding carboxylic acids is 4. The molecular weight excluding hydrogens is 767 g/mol. The van der Waals surface area contributed by atoms with Crippen LogP contribution >= 0.6 is 0 Å². The molecular formula is C45H49N7O6S. The van der Waals surface area contributed by atoms with Crippen molar-refractivity contribution in [3.05, 3.63) is 165 Å². The lowest BCUT2D eigenvalue weighted by Gasteiger charge is -2.24. The van der Waals surface area contributed by atoms with E-state index in [1.165, 1.54) is 0 Å². The molecule has 13 nitrogen and oxygen atoms in total. The second-order valence-electron chi connectivity index (χ2n) is 14.9. The molecule has 2 aliphatic rings. The molecule has 1 aliphatic carbocycles. The van der Waals surface area contributed by atoms with Gasteiger partial charge in [-0.15, -0.1) is 0 Å². The molecule has 6 bridgehead atoms. The number of nitrogen functional groups attached to an aromatic ring is 1. The molecule has 0 saturated carbocycles. The Bertz CT molecular complexity index is 2380. The fraction of sp³-hybridized carbons (Fsp3) is 0.267. The largest absolute Gasteiger partial charge is 0.384 e. The van der Waals surface area contributed by atoms with Gasteiger partial charge in [0.25, 0.3) is 0 Å². The van der Waals surface area contributed by atoms with Crippen molar-refractivity contribution < 1.29 is 27.6 Å². The summed E-state index contributed by atoms with van der Waals surface area (Å²) in [5.41, 5.74) is 11.9. The zero-order valence-corrected chi connectivity index (χ0v) is 33.4. The second-order valence-corrected chi connectivity index (χ2v) is 16.6. The van der Waals surface area contributed by atoms with Crippen LogP contribution in [0.1, 0.15) is 57.3 Å². The molecule has 4 aromatic carbocycles. The molecule has 0 fully saturated rings. The lowest BCUT2D eigenvalue weighted by Crippen LogP contribution is -2.55. The maximum Gasteiger partial charge on any atom is 0.243 e. The predicted octanol–water partition coefficient (Wildman–Crippen LogP) is 3.15. The van der Waals surface area contributed by atoms with Crippen molar-refractivity contribution >= 4 is 39.5 Å². The lowest BCUT2D eigenvalue weighted by atomic mass is 10.0. The molecule has 306 valence electrons. The topological polar surface area (TPSA) is 212 Å². The van der Waals surface area contributed by atoms with E-state index in [9.17, 15) is 27.6 Å². The third kappa shape index (κ3) is 13.1. The van der Waals surface area contributed by atoms with Crippen LogP contribution in [-0.2, 0) is 74.5 Å². The Kier molecular flexibility index (Phi) is 14.2. The first-order valence-electron chi connectivity index (χ1n) is 19.5. The van der Waals surface area contributed by atoms with E-state index >= 15 is 0 Å². The highest BCUT2D eigenvalue weighted by atomic mass is 32.2. The molecule has 59 heavy (non-hydrogen) atoms. The average Bonchev–Trinajstić information content (AvgIpc) is 3.21. The van der Waals surface area contributed by atoms with Gasteiger partial charge in [-0.05, 0) is 63.8 Å². The zero-order chi connectivity index (χ0) is 41.8. The van der Waals surface area contributed by atoms with Crippen LogP contribution in [0.5, 0.6) is 0 Å². The number of benzene rings is 4. The number of nitrogens with two attached hydrogens (primary N) is 1. The summed E-state index contributed by atoms with van der Waals surface area (Å²) in [5, 5.41) is 19.3.